The fraction of sp³-hybridized carbons (Fsp3) is 0.105. The molecule has 0 bridgehead atoms. The quantitative estimate of drug-likeness (QED) is 0.546. The normalized spacial score (nSPS) is 11.3. The third-order valence-electron chi connectivity index (χ3n) is 3.78. The highest BCUT2D eigenvalue weighted by Crippen LogP contribution is 2.18. The zero-order valence-electron chi connectivity index (χ0n) is 14.3. The number of benzene rings is 2. The Hall–Kier alpha value is -3.48. The third kappa shape index (κ3) is 3.94. The molecule has 0 aliphatic heterocycles. The smallest absolute Gasteiger partial charge is 0.289 e. The zero-order valence-corrected chi connectivity index (χ0v) is 14.3. The highest BCUT2D eigenvalue weighted by atomic mass is 19.1. The van der Waals surface area contributed by atoms with Gasteiger partial charge in [0.1, 0.15) is 17.3 Å². The van der Waals surface area contributed by atoms with Crippen molar-refractivity contribution in [1.29, 1.82) is 0 Å². The average molecular weight is 352 g/mol. The molecule has 1 aromatic heterocycles. The highest BCUT2D eigenvalue weighted by Gasteiger charge is 2.11. The molecular formula is C19H17FN4O2. The van der Waals surface area contributed by atoms with E-state index in [9.17, 15) is 9.18 Å². The van der Waals surface area contributed by atoms with Gasteiger partial charge in [-0.2, -0.15) is 10.2 Å². The van der Waals surface area contributed by atoms with Crippen molar-refractivity contribution in [3.8, 4) is 17.0 Å². The summed E-state index contributed by atoms with van der Waals surface area (Å²) in [6, 6.07) is 14.8. The standard InChI is InChI=1S/C19H17FN4O2/c1-12(14-4-3-5-16(10-14)26-2)21-24-19(25)18-11-17(22-23-18)13-6-8-15(20)9-7-13/h3-11H,1-2H3,(H,22,23)(H,24,25). The number of aromatic amines is 1. The SMILES string of the molecule is COc1cccc(C(C)=NNC(=O)c2cc(-c3ccc(F)cc3)n[nH]2)c1. The number of hydrazone groups is 1. The van der Waals surface area contributed by atoms with Gasteiger partial charge in [-0.25, -0.2) is 9.82 Å². The largest absolute Gasteiger partial charge is 0.497 e. The molecule has 6 nitrogen and oxygen atoms in total. The van der Waals surface area contributed by atoms with Crippen molar-refractivity contribution in [2.45, 2.75) is 6.92 Å². The molecule has 0 aliphatic carbocycles. The molecule has 2 N–H and O–H groups in total. The summed E-state index contributed by atoms with van der Waals surface area (Å²) in [5.74, 6) is -0.0430. The van der Waals surface area contributed by atoms with Crippen LogP contribution in [0.5, 0.6) is 5.75 Å². The monoisotopic (exact) mass is 352 g/mol. The van der Waals surface area contributed by atoms with Gasteiger partial charge < -0.3 is 4.74 Å². The molecule has 7 heteroatoms. The summed E-state index contributed by atoms with van der Waals surface area (Å²) in [4.78, 5) is 12.2. The number of halogens is 1. The molecule has 0 spiro atoms. The van der Waals surface area contributed by atoms with E-state index in [4.69, 9.17) is 4.74 Å². The minimum atomic E-state index is -0.423. The van der Waals surface area contributed by atoms with Crippen molar-refractivity contribution >= 4 is 11.6 Å². The predicted octanol–water partition coefficient (Wildman–Crippen LogP) is 3.38. The first-order chi connectivity index (χ1) is 12.6. The lowest BCUT2D eigenvalue weighted by Gasteiger charge is -2.04. The van der Waals surface area contributed by atoms with Crippen LogP contribution in [0.3, 0.4) is 0 Å². The van der Waals surface area contributed by atoms with Crippen molar-refractivity contribution in [2.75, 3.05) is 7.11 Å². The van der Waals surface area contributed by atoms with Gasteiger partial charge in [-0.1, -0.05) is 12.1 Å². The van der Waals surface area contributed by atoms with Crippen LogP contribution in [0.1, 0.15) is 23.0 Å². The molecule has 0 saturated carbocycles. The summed E-state index contributed by atoms with van der Waals surface area (Å²) >= 11 is 0. The topological polar surface area (TPSA) is 79.4 Å². The van der Waals surface area contributed by atoms with E-state index in [1.807, 2.05) is 24.3 Å². The number of aromatic nitrogens is 2. The van der Waals surface area contributed by atoms with Crippen molar-refractivity contribution in [3.05, 3.63) is 71.7 Å². The fourth-order valence-corrected chi connectivity index (χ4v) is 2.31. The van der Waals surface area contributed by atoms with Crippen molar-refractivity contribution in [1.82, 2.24) is 15.6 Å². The van der Waals surface area contributed by atoms with E-state index in [0.29, 0.717) is 22.7 Å². The van der Waals surface area contributed by atoms with E-state index in [1.54, 1.807) is 32.2 Å². The third-order valence-corrected chi connectivity index (χ3v) is 3.78. The Balaban J connectivity index is 1.71. The predicted molar refractivity (Wildman–Crippen MR) is 96.7 cm³/mol. The molecule has 0 fully saturated rings. The molecule has 0 unspecified atom stereocenters. The van der Waals surface area contributed by atoms with Gasteiger partial charge in [0.25, 0.3) is 5.91 Å². The lowest BCUT2D eigenvalue weighted by molar-refractivity contribution is 0.0950. The second-order valence-electron chi connectivity index (χ2n) is 5.54. The van der Waals surface area contributed by atoms with E-state index in [2.05, 4.69) is 20.7 Å². The Morgan fingerprint density at radius 1 is 1.19 bits per heavy atom. The Morgan fingerprint density at radius 2 is 1.96 bits per heavy atom. The fourth-order valence-electron chi connectivity index (χ4n) is 2.31. The minimum absolute atomic E-state index is 0.256. The number of carbonyl (C=O) groups excluding carboxylic acids is 1. The van der Waals surface area contributed by atoms with E-state index in [-0.39, 0.29) is 11.5 Å². The van der Waals surface area contributed by atoms with E-state index in [0.717, 1.165) is 5.56 Å². The van der Waals surface area contributed by atoms with Crippen LogP contribution in [-0.4, -0.2) is 28.9 Å². The summed E-state index contributed by atoms with van der Waals surface area (Å²) in [6.45, 7) is 1.78. The molecule has 132 valence electrons. The molecule has 26 heavy (non-hydrogen) atoms. The summed E-state index contributed by atoms with van der Waals surface area (Å²) in [7, 11) is 1.59. The first-order valence-electron chi connectivity index (χ1n) is 7.87. The van der Waals surface area contributed by atoms with Crippen LogP contribution in [-0.2, 0) is 0 Å². The summed E-state index contributed by atoms with van der Waals surface area (Å²) < 4.78 is 18.2. The van der Waals surface area contributed by atoms with Gasteiger partial charge >= 0.3 is 0 Å². The molecular weight excluding hydrogens is 335 g/mol. The van der Waals surface area contributed by atoms with Gasteiger partial charge in [0.2, 0.25) is 0 Å². The van der Waals surface area contributed by atoms with Gasteiger partial charge in [0, 0.05) is 11.1 Å². The van der Waals surface area contributed by atoms with Gasteiger partial charge in [-0.3, -0.25) is 9.89 Å². The van der Waals surface area contributed by atoms with Crippen LogP contribution in [0, 0.1) is 5.82 Å². The van der Waals surface area contributed by atoms with Crippen molar-refractivity contribution < 1.29 is 13.9 Å². The highest BCUT2D eigenvalue weighted by molar-refractivity contribution is 6.00. The van der Waals surface area contributed by atoms with Crippen molar-refractivity contribution in [2.24, 2.45) is 5.10 Å². The van der Waals surface area contributed by atoms with Crippen LogP contribution >= 0.6 is 0 Å². The number of nitrogens with zero attached hydrogens (tertiary/aromatic N) is 2. The maximum atomic E-state index is 13.0. The Bertz CT molecular complexity index is 948. The second kappa shape index (κ2) is 7.60. The number of hydrogen-bond donors (Lipinski definition) is 2. The molecule has 0 radical (unpaired) electrons. The van der Waals surface area contributed by atoms with E-state index in [1.165, 1.54) is 12.1 Å². The Kier molecular flexibility index (Phi) is 5.07. The summed E-state index contributed by atoms with van der Waals surface area (Å²) in [6.07, 6.45) is 0. The molecule has 3 rings (SSSR count). The first kappa shape index (κ1) is 17.3. The minimum Gasteiger partial charge on any atom is -0.497 e. The number of carbonyl (C=O) groups is 1. The van der Waals surface area contributed by atoms with Crippen LogP contribution in [0.15, 0.2) is 59.7 Å². The first-order valence-corrected chi connectivity index (χ1v) is 7.87. The molecule has 1 heterocycles. The van der Waals surface area contributed by atoms with Gasteiger partial charge in [0.05, 0.1) is 18.5 Å². The van der Waals surface area contributed by atoms with E-state index >= 15 is 0 Å². The van der Waals surface area contributed by atoms with Crippen molar-refractivity contribution in [3.63, 3.8) is 0 Å². The van der Waals surface area contributed by atoms with Gasteiger partial charge in [-0.15, -0.1) is 0 Å². The second-order valence-corrected chi connectivity index (χ2v) is 5.54. The van der Waals surface area contributed by atoms with Crippen LogP contribution < -0.4 is 10.2 Å². The number of methoxy groups -OCH3 is 1. The van der Waals surface area contributed by atoms with E-state index < -0.39 is 5.91 Å². The molecule has 0 aliphatic rings. The number of rotatable bonds is 5. The number of nitrogens with one attached hydrogen (secondary N) is 2. The molecule has 3 aromatic rings. The Morgan fingerprint density at radius 3 is 2.69 bits per heavy atom. The number of hydrogen-bond acceptors (Lipinski definition) is 4. The average Bonchev–Trinajstić information content (AvgIpc) is 3.16. The molecule has 1 amide bonds. The summed E-state index contributed by atoms with van der Waals surface area (Å²) in [5, 5.41) is 10.8. The maximum absolute atomic E-state index is 13.0. The maximum Gasteiger partial charge on any atom is 0.289 e. The molecule has 2 aromatic carbocycles. The number of ether oxygens (including phenoxy) is 1. The van der Waals surface area contributed by atoms with Crippen LogP contribution in [0.4, 0.5) is 4.39 Å². The number of amides is 1. The number of H-pyrrole nitrogens is 1. The summed E-state index contributed by atoms with van der Waals surface area (Å²) in [5.41, 5.74) is 5.46. The van der Waals surface area contributed by atoms with Gasteiger partial charge in [-0.05, 0) is 49.4 Å². The molecule has 0 atom stereocenters. The van der Waals surface area contributed by atoms with Crippen LogP contribution in [0.25, 0.3) is 11.3 Å². The zero-order chi connectivity index (χ0) is 18.5. The Labute approximate surface area is 149 Å². The lowest BCUT2D eigenvalue weighted by atomic mass is 10.1. The lowest BCUT2D eigenvalue weighted by Crippen LogP contribution is -2.19. The van der Waals surface area contributed by atoms with Crippen LogP contribution in [0.2, 0.25) is 0 Å². The molecule has 0 saturated heterocycles. The van der Waals surface area contributed by atoms with Gasteiger partial charge in [0.15, 0.2) is 0 Å².